The van der Waals surface area contributed by atoms with Crippen molar-refractivity contribution in [2.75, 3.05) is 0 Å². The molecule has 0 fully saturated rings. The molecular formula is C62H198. The van der Waals surface area contributed by atoms with E-state index in [1.807, 2.05) is 291 Å². The SMILES string of the molecule is C.C.C.C.C.C.C.C.C.C.C.C.C.C.CC.CC.CC.CC.CC.CC.CC.CC.CC.CC.CC.CC.CC.CC.CC.CC.CC.CC.CC.CC.CC.CCC.CCC. The second-order valence-corrected chi connectivity index (χ2v) is 1.41. The topological polar surface area (TPSA) is 0 Å². The Morgan fingerprint density at radius 1 is 0.0968 bits per heavy atom. The van der Waals surface area contributed by atoms with Gasteiger partial charge in [-0.2, -0.15) is 0 Å². The Morgan fingerprint density at radius 3 is 0.0968 bits per heavy atom. The fourth-order valence-corrected chi connectivity index (χ4v) is 0. The van der Waals surface area contributed by atoms with Gasteiger partial charge in [0.2, 0.25) is 0 Å². The summed E-state index contributed by atoms with van der Waals surface area (Å²) in [5, 5.41) is 0. The minimum atomic E-state index is 0. The lowest BCUT2D eigenvalue weighted by Crippen LogP contribution is -1.27. The molecule has 0 bridgehead atoms. The van der Waals surface area contributed by atoms with Gasteiger partial charge in [-0.3, -0.25) is 0 Å². The van der Waals surface area contributed by atoms with E-state index in [9.17, 15) is 0 Å². The highest BCUT2D eigenvalue weighted by molar-refractivity contribution is 3.92. The van der Waals surface area contributed by atoms with Crippen LogP contribution < -0.4 is 0 Å². The van der Waals surface area contributed by atoms with E-state index in [-0.39, 0.29) is 104 Å². The lowest BCUT2D eigenvalue weighted by Gasteiger charge is -1.48. The quantitative estimate of drug-likeness (QED) is 0.227. The van der Waals surface area contributed by atoms with Crippen molar-refractivity contribution in [1.29, 1.82) is 0 Å². The number of hydrogen-bond acceptors (Lipinski definition) is 0. The Kier molecular flexibility index (Phi) is 327000. The van der Waals surface area contributed by atoms with Gasteiger partial charge >= 0.3 is 0 Å². The lowest BCUT2D eigenvalue weighted by molar-refractivity contribution is 1.09. The van der Waals surface area contributed by atoms with Gasteiger partial charge in [-0.05, 0) is 0 Å². The summed E-state index contributed by atoms with van der Waals surface area (Å²) in [4.78, 5) is 0. The third kappa shape index (κ3) is 0. The van der Waals surface area contributed by atoms with E-state index < -0.39 is 0 Å². The molecule has 0 saturated carbocycles. The molecule has 0 aliphatic heterocycles. The first kappa shape index (κ1) is 369. The molecule has 0 radical (unpaired) electrons. The van der Waals surface area contributed by atoms with Crippen LogP contribution in [-0.2, 0) is 0 Å². The molecule has 0 amide bonds. The van der Waals surface area contributed by atoms with Crippen molar-refractivity contribution in [3.8, 4) is 0 Å². The zero-order valence-electron chi connectivity index (χ0n) is 47.4. The van der Waals surface area contributed by atoms with E-state index in [2.05, 4.69) is 27.7 Å². The summed E-state index contributed by atoms with van der Waals surface area (Å²) in [5.74, 6) is 0. The van der Waals surface area contributed by atoms with Crippen molar-refractivity contribution in [3.63, 3.8) is 0 Å². The minimum Gasteiger partial charge on any atom is -0.0776 e. The summed E-state index contributed by atoms with van der Waals surface area (Å²) < 4.78 is 0. The second-order valence-electron chi connectivity index (χ2n) is 1.41. The maximum atomic E-state index is 2.12. The predicted octanol–water partition coefficient (Wildman–Crippen LogP) is 33.3. The van der Waals surface area contributed by atoms with Gasteiger partial charge in [0, 0.05) is 0 Å². The van der Waals surface area contributed by atoms with Crippen LogP contribution in [0.15, 0.2) is 0 Å². The summed E-state index contributed by atoms with van der Waals surface area (Å²) in [6.45, 7) is 92.5. The zero-order chi connectivity index (χ0) is 47.4. The second kappa shape index (κ2) is 54900. The molecule has 0 spiro atoms. The highest BCUT2D eigenvalue weighted by Gasteiger charge is 1.36. The highest BCUT2D eigenvalue weighted by Crippen LogP contribution is 1.56. The largest absolute Gasteiger partial charge is 0.0776 e. The summed E-state index contributed by atoms with van der Waals surface area (Å²) in [5.41, 5.74) is 0. The normalized spacial score (nSPS) is 2.61. The predicted molar refractivity (Wildman–Crippen MR) is 364 cm³/mol. The Morgan fingerprint density at radius 2 is 0.0968 bits per heavy atom. The van der Waals surface area contributed by atoms with E-state index in [4.69, 9.17) is 0 Å². The molecule has 0 aromatic carbocycles. The molecule has 0 nitrogen and oxygen atoms in total. The molecule has 0 aromatic heterocycles. The van der Waals surface area contributed by atoms with E-state index in [0.29, 0.717) is 0 Å². The van der Waals surface area contributed by atoms with Crippen molar-refractivity contribution in [3.05, 3.63) is 0 Å². The number of rotatable bonds is 0. The van der Waals surface area contributed by atoms with Gasteiger partial charge in [0.25, 0.3) is 0 Å². The monoisotopic (exact) mass is 944 g/mol. The fraction of sp³-hybridized carbons (Fsp3) is 1.00. The molecule has 0 heterocycles. The highest BCUT2D eigenvalue weighted by atomic mass is 13.4. The van der Waals surface area contributed by atoms with Crippen LogP contribution in [0.1, 0.15) is 435 Å². The van der Waals surface area contributed by atoms with Crippen molar-refractivity contribution < 1.29 is 0 Å². The summed E-state index contributed by atoms with van der Waals surface area (Å²) in [6, 6.07) is 0. The molecule has 0 aliphatic rings. The van der Waals surface area contributed by atoms with E-state index >= 15 is 0 Å². The smallest absolute Gasteiger partial charge is 0.0590 e. The number of hydrogen-bond donors (Lipinski definition) is 0. The van der Waals surface area contributed by atoms with Gasteiger partial charge in [-0.25, -0.2) is 0 Å². The maximum Gasteiger partial charge on any atom is -0.0590 e. The van der Waals surface area contributed by atoms with Crippen molar-refractivity contribution >= 4 is 0 Å². The van der Waals surface area contributed by atoms with E-state index in [1.54, 1.807) is 0 Å². The molecule has 0 aliphatic carbocycles. The first-order chi connectivity index (χ1) is 23.8. The van der Waals surface area contributed by atoms with Crippen LogP contribution in [0.4, 0.5) is 0 Å². The van der Waals surface area contributed by atoms with Crippen LogP contribution in [0.3, 0.4) is 0 Å². The summed E-state index contributed by atoms with van der Waals surface area (Å²) >= 11 is 0. The Labute approximate surface area is 433 Å². The fourth-order valence-electron chi connectivity index (χ4n) is 0. The van der Waals surface area contributed by atoms with Gasteiger partial charge in [-0.1, -0.05) is 435 Å². The Hall–Kier alpha value is 0. The first-order valence-electron chi connectivity index (χ1n) is 23.8. The molecule has 0 saturated heterocycles. The van der Waals surface area contributed by atoms with E-state index in [0.717, 1.165) is 0 Å². The van der Waals surface area contributed by atoms with Gasteiger partial charge < -0.3 is 0 Å². The van der Waals surface area contributed by atoms with Gasteiger partial charge in [0.1, 0.15) is 0 Å². The molecule has 0 heteroatoms. The van der Waals surface area contributed by atoms with Gasteiger partial charge in [-0.15, -0.1) is 0 Å². The summed E-state index contributed by atoms with van der Waals surface area (Å²) in [7, 11) is 0. The Balaban J connectivity index is -0.00000000298. The Bertz CT molecular complexity index is 2.00. The zero-order valence-corrected chi connectivity index (χ0v) is 47.4. The average molecular weight is 944 g/mol. The van der Waals surface area contributed by atoms with Crippen LogP contribution in [-0.4, -0.2) is 0 Å². The van der Waals surface area contributed by atoms with Crippen LogP contribution in [0, 0.1) is 0 Å². The third-order valence-corrected chi connectivity index (χ3v) is 0. The van der Waals surface area contributed by atoms with E-state index in [1.165, 1.54) is 12.8 Å². The van der Waals surface area contributed by atoms with Crippen LogP contribution in [0.5, 0.6) is 0 Å². The maximum absolute atomic E-state index is 2.12. The summed E-state index contributed by atoms with van der Waals surface area (Å²) in [6.07, 6.45) is 2.50. The van der Waals surface area contributed by atoms with Gasteiger partial charge in [0.15, 0.2) is 0 Å². The van der Waals surface area contributed by atoms with Crippen molar-refractivity contribution in [2.45, 2.75) is 435 Å². The molecular weight excluding hydrogens is 745 g/mol. The molecule has 0 aromatic rings. The standard InChI is InChI=1S/2C3H8.21C2H6.14CH4/c2*1-3-2;21*1-2;;;;;;;;;;;;;;/h2*3H2,1-2H3;21*1-2H3;14*1H4. The molecule has 62 heavy (non-hydrogen) atoms. The van der Waals surface area contributed by atoms with Crippen LogP contribution in [0.2, 0.25) is 0 Å². The molecule has 0 N–H and O–H groups in total. The van der Waals surface area contributed by atoms with Crippen molar-refractivity contribution in [2.24, 2.45) is 0 Å². The minimum absolute atomic E-state index is 0. The average Bonchev–Trinajstić information content (AvgIpc) is 3.30. The van der Waals surface area contributed by atoms with Crippen LogP contribution >= 0.6 is 0 Å². The third-order valence-electron chi connectivity index (χ3n) is 0. The molecule has 0 unspecified atom stereocenters. The van der Waals surface area contributed by atoms with Crippen molar-refractivity contribution in [1.82, 2.24) is 0 Å². The molecule has 0 atom stereocenters. The lowest BCUT2D eigenvalue weighted by atomic mass is 10.6. The van der Waals surface area contributed by atoms with Crippen LogP contribution in [0.25, 0.3) is 0 Å². The molecule has 446 valence electrons. The first-order valence-corrected chi connectivity index (χ1v) is 23.8. The van der Waals surface area contributed by atoms with Gasteiger partial charge in [0.05, 0.1) is 0 Å². The molecule has 0 rings (SSSR count).